The van der Waals surface area contributed by atoms with E-state index in [0.717, 1.165) is 37.9 Å². The largest absolute Gasteiger partial charge is 0.494 e. The molecular formula is C56H90O26. The van der Waals surface area contributed by atoms with Crippen LogP contribution >= 0.6 is 0 Å². The van der Waals surface area contributed by atoms with Gasteiger partial charge in [-0.3, -0.25) is 0 Å². The Morgan fingerprint density at radius 2 is 1.21 bits per heavy atom. The summed E-state index contributed by atoms with van der Waals surface area (Å²) in [5, 5.41) is 158. The molecule has 6 aliphatic heterocycles. The lowest BCUT2D eigenvalue weighted by Gasteiger charge is -2.58. The van der Waals surface area contributed by atoms with Crippen molar-refractivity contribution in [3.8, 4) is 0 Å². The third-order valence-corrected chi connectivity index (χ3v) is 20.6. The molecule has 0 aromatic rings. The number of hydrogen-bond acceptors (Lipinski definition) is 26. The van der Waals surface area contributed by atoms with Crippen molar-refractivity contribution in [3.63, 3.8) is 0 Å². The van der Waals surface area contributed by atoms with E-state index in [4.69, 9.17) is 52.1 Å². The summed E-state index contributed by atoms with van der Waals surface area (Å²) < 4.78 is 66.5. The Labute approximate surface area is 476 Å². The van der Waals surface area contributed by atoms with Crippen LogP contribution in [0.15, 0.2) is 23.0 Å². The molecule has 470 valence electrons. The first-order valence-electron chi connectivity index (χ1n) is 29.5. The van der Waals surface area contributed by atoms with Crippen LogP contribution in [0.1, 0.15) is 92.4 Å². The van der Waals surface area contributed by atoms with E-state index >= 15 is 0 Å². The molecule has 5 saturated heterocycles. The van der Waals surface area contributed by atoms with Crippen LogP contribution in [0.4, 0.5) is 0 Å². The summed E-state index contributed by atoms with van der Waals surface area (Å²) in [6.07, 6.45) is -27.4. The van der Waals surface area contributed by atoms with Gasteiger partial charge in [-0.05, 0) is 105 Å². The highest BCUT2D eigenvalue weighted by molar-refractivity contribution is 5.30. The molecule has 3 saturated carbocycles. The fourth-order valence-electron chi connectivity index (χ4n) is 15.7. The Morgan fingerprint density at radius 1 is 0.610 bits per heavy atom. The molecule has 0 bridgehead atoms. The monoisotopic (exact) mass is 1180 g/mol. The number of rotatable bonds is 17. The van der Waals surface area contributed by atoms with Crippen LogP contribution in [0, 0.1) is 40.4 Å². The lowest BCUT2D eigenvalue weighted by Crippen LogP contribution is -2.66. The normalized spacial score (nSPS) is 52.7. The molecule has 33 atom stereocenters. The average molecular weight is 1180 g/mol. The first kappa shape index (κ1) is 63.3. The zero-order chi connectivity index (χ0) is 59.0. The minimum atomic E-state index is -1.78. The van der Waals surface area contributed by atoms with Crippen LogP contribution in [0.2, 0.25) is 0 Å². The second-order valence-corrected chi connectivity index (χ2v) is 25.6. The maximum absolute atomic E-state index is 12.0. The SMILES string of the molecule is CC1=C(CCC(C)COC2OC(CO)C(O)C(O)C2OC2OC(CO)C(O)C(O)C2O)OC2CC3C4CC=C5CC(OC6OC(CO)C(OC7OCC(O)C(O)C7O)C(O)C6OC6OC(C)C(O)C(O)C6O)CCC5(C)C4CCC3(C)C12. The Morgan fingerprint density at radius 3 is 1.89 bits per heavy atom. The van der Waals surface area contributed by atoms with Gasteiger partial charge in [-0.25, -0.2) is 0 Å². The molecule has 0 spiro atoms. The molecule has 6 heterocycles. The molecule has 10 aliphatic rings. The summed E-state index contributed by atoms with van der Waals surface area (Å²) in [6.45, 7) is 8.13. The molecule has 33 unspecified atom stereocenters. The van der Waals surface area contributed by atoms with Crippen molar-refractivity contribution >= 4 is 0 Å². The fraction of sp³-hybridized carbons (Fsp3) is 0.929. The fourth-order valence-corrected chi connectivity index (χ4v) is 15.7. The van der Waals surface area contributed by atoms with Gasteiger partial charge in [-0.2, -0.15) is 0 Å². The highest BCUT2D eigenvalue weighted by Crippen LogP contribution is 2.69. The second kappa shape index (κ2) is 25.4. The Bertz CT molecular complexity index is 2210. The summed E-state index contributed by atoms with van der Waals surface area (Å²) in [5.41, 5.74) is 2.39. The predicted molar refractivity (Wildman–Crippen MR) is 275 cm³/mol. The number of allylic oxidation sites excluding steroid dienone is 2. The van der Waals surface area contributed by atoms with Gasteiger partial charge in [0.15, 0.2) is 31.5 Å². The molecule has 10 rings (SSSR count). The molecular weight excluding hydrogens is 1090 g/mol. The van der Waals surface area contributed by atoms with E-state index in [1.54, 1.807) is 0 Å². The van der Waals surface area contributed by atoms with E-state index in [1.165, 1.54) is 18.1 Å². The van der Waals surface area contributed by atoms with Gasteiger partial charge in [0.05, 0.1) is 51.0 Å². The maximum Gasteiger partial charge on any atom is 0.187 e. The van der Waals surface area contributed by atoms with Gasteiger partial charge in [-0.1, -0.05) is 32.4 Å². The smallest absolute Gasteiger partial charge is 0.187 e. The van der Waals surface area contributed by atoms with Crippen molar-refractivity contribution in [1.29, 1.82) is 0 Å². The molecule has 4 aliphatic carbocycles. The van der Waals surface area contributed by atoms with Crippen LogP contribution in [-0.2, 0) is 52.1 Å². The van der Waals surface area contributed by atoms with Crippen LogP contribution in [0.3, 0.4) is 0 Å². The molecule has 15 N–H and O–H groups in total. The van der Waals surface area contributed by atoms with E-state index in [1.807, 2.05) is 6.92 Å². The van der Waals surface area contributed by atoms with Gasteiger partial charge in [0, 0.05) is 12.3 Å². The van der Waals surface area contributed by atoms with Crippen molar-refractivity contribution in [2.75, 3.05) is 33.0 Å². The number of hydrogen-bond donors (Lipinski definition) is 15. The molecule has 0 aromatic carbocycles. The minimum absolute atomic E-state index is 0.000140. The van der Waals surface area contributed by atoms with Gasteiger partial charge in [0.1, 0.15) is 116 Å². The average Bonchev–Trinajstić information content (AvgIpc) is 1.68. The van der Waals surface area contributed by atoms with Crippen LogP contribution in [0.5, 0.6) is 0 Å². The standard InChI is InChI=1S/C56H90O26/c1-21(19-72-53-48(42(67)39(64)33(17-58)78-53)81-52-45(70)41(66)38(63)32(16-57)77-52)6-9-30-22(2)35-31(76-30)15-28-26-8-7-24-14-25(10-12-55(24,4)27(26)11-13-56(28,35)5)75-54-49(82-51-44(69)40(65)36(61)23(3)74-51)46(71)47(34(18-59)79-54)80-50-43(68)37(62)29(60)20-73-50/h7,21,23,25-29,31-54,57-71H,6,8-20H2,1-5H3. The molecule has 0 amide bonds. The number of fused-ring (bicyclic) bond motifs is 7. The van der Waals surface area contributed by atoms with Crippen molar-refractivity contribution in [1.82, 2.24) is 0 Å². The lowest BCUT2D eigenvalue weighted by molar-refractivity contribution is -0.385. The summed E-state index contributed by atoms with van der Waals surface area (Å²) >= 11 is 0. The zero-order valence-corrected chi connectivity index (χ0v) is 47.1. The molecule has 0 radical (unpaired) electrons. The third kappa shape index (κ3) is 11.7. The van der Waals surface area contributed by atoms with E-state index in [-0.39, 0.29) is 35.4 Å². The van der Waals surface area contributed by atoms with Crippen molar-refractivity contribution in [3.05, 3.63) is 23.0 Å². The number of aliphatic hydroxyl groups excluding tert-OH is 15. The van der Waals surface area contributed by atoms with Gasteiger partial charge in [0.25, 0.3) is 0 Å². The predicted octanol–water partition coefficient (Wildman–Crippen LogP) is -3.59. The van der Waals surface area contributed by atoms with Gasteiger partial charge in [-0.15, -0.1) is 0 Å². The molecule has 26 heteroatoms. The zero-order valence-electron chi connectivity index (χ0n) is 47.1. The number of aliphatic hydroxyl groups is 15. The van der Waals surface area contributed by atoms with E-state index < -0.39 is 180 Å². The Balaban J connectivity index is 0.770. The lowest BCUT2D eigenvalue weighted by atomic mass is 9.47. The van der Waals surface area contributed by atoms with Crippen LogP contribution in [0.25, 0.3) is 0 Å². The van der Waals surface area contributed by atoms with Gasteiger partial charge < -0.3 is 129 Å². The van der Waals surface area contributed by atoms with E-state index in [0.29, 0.717) is 43.4 Å². The summed E-state index contributed by atoms with van der Waals surface area (Å²) in [7, 11) is 0. The molecule has 0 aromatic heterocycles. The third-order valence-electron chi connectivity index (χ3n) is 20.6. The summed E-state index contributed by atoms with van der Waals surface area (Å²) in [4.78, 5) is 0. The molecule has 26 nitrogen and oxygen atoms in total. The van der Waals surface area contributed by atoms with Gasteiger partial charge in [0.2, 0.25) is 0 Å². The molecule has 8 fully saturated rings. The van der Waals surface area contributed by atoms with Crippen molar-refractivity contribution in [2.45, 2.75) is 252 Å². The summed E-state index contributed by atoms with van der Waals surface area (Å²) in [6, 6.07) is 0. The minimum Gasteiger partial charge on any atom is -0.494 e. The van der Waals surface area contributed by atoms with E-state index in [2.05, 4.69) is 26.8 Å². The highest BCUT2D eigenvalue weighted by atomic mass is 16.8. The second-order valence-electron chi connectivity index (χ2n) is 25.6. The van der Waals surface area contributed by atoms with Gasteiger partial charge >= 0.3 is 0 Å². The van der Waals surface area contributed by atoms with Crippen molar-refractivity contribution < 1.29 is 129 Å². The number of ether oxygens (including phenoxy) is 11. The first-order valence-corrected chi connectivity index (χ1v) is 29.5. The van der Waals surface area contributed by atoms with Crippen LogP contribution in [-0.4, -0.2) is 269 Å². The quantitative estimate of drug-likeness (QED) is 0.0626. The highest BCUT2D eigenvalue weighted by Gasteiger charge is 2.64. The Hall–Kier alpha value is -1.72. The maximum atomic E-state index is 12.0. The van der Waals surface area contributed by atoms with Crippen LogP contribution < -0.4 is 0 Å². The molecule has 82 heavy (non-hydrogen) atoms. The Kier molecular flexibility index (Phi) is 19.6. The van der Waals surface area contributed by atoms with E-state index in [9.17, 15) is 76.6 Å². The first-order chi connectivity index (χ1) is 38.9. The van der Waals surface area contributed by atoms with Crippen molar-refractivity contribution in [2.24, 2.45) is 40.4 Å². The summed E-state index contributed by atoms with van der Waals surface area (Å²) in [5.74, 6) is 2.36. The topological polar surface area (TPSA) is 405 Å².